The molecule has 8 N–H and O–H groups in total. The fraction of sp³-hybridized carbons (Fsp3) is 0.506. The predicted octanol–water partition coefficient (Wildman–Crippen LogP) is 4.38. The molecule has 2 saturated heterocycles. The monoisotopic (exact) mass is 1670 g/mol. The molecule has 630 valence electrons. The maximum Gasteiger partial charge on any atom is 0.410 e. The molecule has 12 amide bonds. The van der Waals surface area contributed by atoms with Crippen LogP contribution in [-0.2, 0) is 93.9 Å². The summed E-state index contributed by atoms with van der Waals surface area (Å²) in [6.07, 6.45) is -1.33. The van der Waals surface area contributed by atoms with Crippen molar-refractivity contribution in [2.45, 2.75) is 209 Å². The summed E-state index contributed by atoms with van der Waals surface area (Å²) < 4.78 is 117. The van der Waals surface area contributed by atoms with Crippen LogP contribution in [0.2, 0.25) is 0 Å². The molecule has 40 heteroatoms. The number of alkyl carbamates (subject to hydrolysis) is 2. The average molecular weight is 1670 g/mol. The van der Waals surface area contributed by atoms with E-state index in [1.54, 1.807) is 53.7 Å². The highest BCUT2D eigenvalue weighted by molar-refractivity contribution is 7.91. The van der Waals surface area contributed by atoms with E-state index in [2.05, 4.69) is 54.5 Å². The molecule has 36 nitrogen and oxygen atoms in total. The van der Waals surface area contributed by atoms with Crippen LogP contribution in [0.3, 0.4) is 0 Å². The summed E-state index contributed by atoms with van der Waals surface area (Å²) >= 11 is 0. The first-order chi connectivity index (χ1) is 54.8. The van der Waals surface area contributed by atoms with Crippen LogP contribution in [0.1, 0.15) is 177 Å². The highest BCUT2D eigenvalue weighted by Crippen LogP contribution is 2.47. The Bertz CT molecular complexity index is 4990. The van der Waals surface area contributed by atoms with E-state index in [1.807, 2.05) is 0 Å². The van der Waals surface area contributed by atoms with Gasteiger partial charge >= 0.3 is 24.4 Å². The SMILES string of the molecule is C=C[C@@H]1C[C@]1(NC(=O)[C@@H]1C[C@@H](OC(=O)N2Cc3cccc(F)c3C2)CN1C(=O)[C@H](CNC(=O)c1cc(C(C)=O)oc1C)NC(=O)OC(C)(C)C)C(=O)NS(=O)(=O)C1CC1.C=C[C@@H]1C[C@]1(NC(=O)[C@@H]1C[C@@H](OC(=O)N2Cc3cccc(F)c3C2)CN1C(=O)[C@H](CNC(=O)c1coc(C(C)=O)c1)NC(=O)OC(C)(C)C)C(=O)NS(=O)(=O)C1CC1. The number of carbonyl (C=O) groups excluding carboxylic acids is 14. The summed E-state index contributed by atoms with van der Waals surface area (Å²) in [6.45, 7) is 18.8. The number of fused-ring (bicyclic) bond motifs is 2. The zero-order chi connectivity index (χ0) is 85.5. The molecule has 4 aromatic rings. The fourth-order valence-electron chi connectivity index (χ4n) is 14.1. The first-order valence-electron chi connectivity index (χ1n) is 37.7. The molecule has 12 rings (SSSR count). The molecule has 2 aromatic carbocycles. The minimum Gasteiger partial charge on any atom is -0.460 e. The average Bonchev–Trinajstić information content (AvgIpc) is 1.58. The first-order valence-corrected chi connectivity index (χ1v) is 40.7. The smallest absolute Gasteiger partial charge is 0.410 e. The van der Waals surface area contributed by atoms with E-state index in [9.17, 15) is 92.7 Å². The number of amides is 12. The first kappa shape index (κ1) is 86.3. The number of nitrogens with one attached hydrogen (secondary N) is 8. The van der Waals surface area contributed by atoms with E-state index >= 15 is 0 Å². The molecule has 4 saturated carbocycles. The summed E-state index contributed by atoms with van der Waals surface area (Å²) in [6, 6.07) is 5.22. The Morgan fingerprint density at radius 2 is 1.00 bits per heavy atom. The van der Waals surface area contributed by atoms with Crippen molar-refractivity contribution in [3.63, 3.8) is 0 Å². The number of ketones is 2. The molecule has 8 aliphatic rings. The van der Waals surface area contributed by atoms with E-state index in [-0.39, 0.29) is 80.3 Å². The van der Waals surface area contributed by atoms with E-state index in [0.29, 0.717) is 47.9 Å². The van der Waals surface area contributed by atoms with E-state index < -0.39 is 222 Å². The van der Waals surface area contributed by atoms with Crippen LogP contribution in [-0.4, -0.2) is 215 Å². The van der Waals surface area contributed by atoms with Gasteiger partial charge in [-0.2, -0.15) is 0 Å². The molecule has 2 aromatic heterocycles. The number of furan rings is 2. The maximum absolute atomic E-state index is 14.5. The highest BCUT2D eigenvalue weighted by atomic mass is 32.2. The Kier molecular flexibility index (Phi) is 24.8. The Labute approximate surface area is 671 Å². The summed E-state index contributed by atoms with van der Waals surface area (Å²) in [5.41, 5.74) is -3.74. The van der Waals surface area contributed by atoms with Gasteiger partial charge < -0.3 is 69.5 Å². The Morgan fingerprint density at radius 1 is 0.590 bits per heavy atom. The quantitative estimate of drug-likeness (QED) is 0.0246. The largest absolute Gasteiger partial charge is 0.460 e. The Hall–Kier alpha value is -11.6. The van der Waals surface area contributed by atoms with Gasteiger partial charge in [0.25, 0.3) is 23.6 Å². The number of hydrogen-bond donors (Lipinski definition) is 8. The van der Waals surface area contributed by atoms with Gasteiger partial charge in [0.1, 0.15) is 82.3 Å². The molecule has 0 spiro atoms. The summed E-state index contributed by atoms with van der Waals surface area (Å²) in [5.74, 6) is -10.4. The highest BCUT2D eigenvalue weighted by Gasteiger charge is 2.64. The summed E-state index contributed by atoms with van der Waals surface area (Å²) in [5, 5.41) is 13.7. The van der Waals surface area contributed by atoms with Crippen LogP contribution in [0, 0.1) is 30.4 Å². The second-order valence-electron chi connectivity index (χ2n) is 32.0. The number of Topliss-reactive ketones (excluding diaryl/α,β-unsaturated/α-hetero) is 2. The zero-order valence-corrected chi connectivity index (χ0v) is 67.1. The van der Waals surface area contributed by atoms with Crippen LogP contribution in [0.25, 0.3) is 0 Å². The molecule has 6 fully saturated rings. The topological polar surface area (TPSA) is 480 Å². The lowest BCUT2D eigenvalue weighted by molar-refractivity contribution is -0.141. The van der Waals surface area contributed by atoms with Crippen LogP contribution in [0.15, 0.2) is 88.9 Å². The third-order valence-corrected chi connectivity index (χ3v) is 24.4. The molecule has 4 aliphatic carbocycles. The van der Waals surface area contributed by atoms with E-state index in [4.69, 9.17) is 27.8 Å². The molecule has 4 aliphatic heterocycles. The summed E-state index contributed by atoms with van der Waals surface area (Å²) in [7, 11) is -8.02. The number of hydrogen-bond acceptors (Lipinski definition) is 24. The Balaban J connectivity index is 0.000000230. The number of benzene rings is 2. The molecule has 0 radical (unpaired) electrons. The van der Waals surface area contributed by atoms with Gasteiger partial charge in [-0.25, -0.2) is 44.8 Å². The van der Waals surface area contributed by atoms with Crippen LogP contribution >= 0.6 is 0 Å². The van der Waals surface area contributed by atoms with Gasteiger partial charge in [0.05, 0.1) is 47.8 Å². The van der Waals surface area contributed by atoms with Crippen molar-refractivity contribution in [3.8, 4) is 0 Å². The van der Waals surface area contributed by atoms with Crippen molar-refractivity contribution in [3.05, 3.63) is 142 Å². The lowest BCUT2D eigenvalue weighted by Crippen LogP contribution is -2.59. The van der Waals surface area contributed by atoms with Gasteiger partial charge in [0.2, 0.25) is 43.7 Å². The lowest BCUT2D eigenvalue weighted by atomic mass is 10.1. The number of halogens is 2. The standard InChI is InChI=1S/C39H47FN6O12S.C38H45FN6O12S/c1-7-23-15-39(23,35(51)44-59(54,55)25-11-12-25)43-33(49)30-13-24(57-37(53)45-17-22-9-8-10-28(40)27(22)19-45)18-46(30)34(50)29(42-36(52)58-38(4,5)6)16-41-32(48)26-14-31(20(2)47)56-21(26)3;1-6-23-14-38(23,34(50)43-58(53,54)25-10-11-25)42-32(48)29-13-24(56-36(52)44-16-21-8-7-9-27(39)26(21)18-44)17-45(29)33(49)28(41-35(51)57-37(3,4)5)15-40-31(47)22-12-30(20(2)46)55-19-22/h7-10,14,23-25,29-30H,1,11-13,15-19H2,2-6H3,(H,41,48)(H,42,52)(H,43,49)(H,44,51);6-9,12,19,23-25,28-29H,1,10-11,13-18H2,2-5H3,(H,40,47)(H,41,51)(H,42,48)(H,43,50)/t23-,24-,29+,30+,39-;23-,24-,28+,29+,38-/m11/s1. The minimum atomic E-state index is -4.01. The minimum absolute atomic E-state index is 0.00699. The van der Waals surface area contributed by atoms with Crippen molar-refractivity contribution in [2.75, 3.05) is 26.2 Å². The molecular weight excluding hydrogens is 1580 g/mol. The lowest BCUT2D eigenvalue weighted by Gasteiger charge is -2.30. The molecule has 117 heavy (non-hydrogen) atoms. The number of rotatable bonds is 26. The molecule has 10 atom stereocenters. The molecular formula is C77H92F2N12O24S2. The fourth-order valence-corrected chi connectivity index (χ4v) is 16.8. The van der Waals surface area contributed by atoms with Gasteiger partial charge in [-0.15, -0.1) is 13.2 Å². The van der Waals surface area contributed by atoms with E-state index in [1.165, 1.54) is 79.1 Å². The van der Waals surface area contributed by atoms with Crippen molar-refractivity contribution in [1.82, 2.24) is 60.9 Å². The third-order valence-electron chi connectivity index (χ3n) is 20.7. The second kappa shape index (κ2) is 33.6. The summed E-state index contributed by atoms with van der Waals surface area (Å²) in [4.78, 5) is 192. The number of nitrogens with zero attached hydrogens (tertiary/aromatic N) is 4. The van der Waals surface area contributed by atoms with Crippen molar-refractivity contribution in [1.29, 1.82) is 0 Å². The van der Waals surface area contributed by atoms with E-state index in [0.717, 1.165) is 16.1 Å². The number of sulfonamides is 2. The number of ether oxygens (including phenoxy) is 4. The number of carbonyl (C=O) groups is 14. The normalized spacial score (nSPS) is 22.8. The van der Waals surface area contributed by atoms with Gasteiger partial charge in [-0.3, -0.25) is 67.2 Å². The van der Waals surface area contributed by atoms with Gasteiger partial charge in [0.15, 0.2) is 23.1 Å². The van der Waals surface area contributed by atoms with Crippen LogP contribution in [0.4, 0.5) is 28.0 Å². The van der Waals surface area contributed by atoms with Gasteiger partial charge in [0, 0.05) is 88.0 Å². The molecule has 6 heterocycles. The maximum atomic E-state index is 14.5. The number of likely N-dealkylation sites (tertiary alicyclic amines) is 2. The Morgan fingerprint density at radius 3 is 1.35 bits per heavy atom. The van der Waals surface area contributed by atoms with Crippen molar-refractivity contribution in [2.24, 2.45) is 11.8 Å². The molecule has 0 bridgehead atoms. The predicted molar refractivity (Wildman–Crippen MR) is 404 cm³/mol. The molecule has 0 unspecified atom stereocenters. The number of aryl methyl sites for hydroxylation is 1. The van der Waals surface area contributed by atoms with Crippen LogP contribution in [0.5, 0.6) is 0 Å². The second-order valence-corrected chi connectivity index (χ2v) is 36.0. The van der Waals surface area contributed by atoms with Crippen molar-refractivity contribution >= 4 is 103 Å². The third kappa shape index (κ3) is 20.1. The van der Waals surface area contributed by atoms with Gasteiger partial charge in [-0.1, -0.05) is 36.4 Å². The van der Waals surface area contributed by atoms with Gasteiger partial charge in [-0.05, 0) is 110 Å². The zero-order valence-electron chi connectivity index (χ0n) is 65.5. The van der Waals surface area contributed by atoms with Crippen molar-refractivity contribution < 1.29 is 121 Å². The van der Waals surface area contributed by atoms with Crippen LogP contribution < -0.4 is 41.3 Å².